The summed E-state index contributed by atoms with van der Waals surface area (Å²) in [5.74, 6) is -0.637. The van der Waals surface area contributed by atoms with Crippen molar-refractivity contribution in [1.82, 2.24) is 10.2 Å². The Labute approximate surface area is 147 Å². The molecule has 1 atom stereocenters. The van der Waals surface area contributed by atoms with E-state index in [0.717, 1.165) is 5.75 Å². The van der Waals surface area contributed by atoms with Crippen molar-refractivity contribution in [2.75, 3.05) is 25.1 Å². The number of hydrogen-bond donors (Lipinski definition) is 2. The topological polar surface area (TPSA) is 95.9 Å². The minimum atomic E-state index is -0.812. The van der Waals surface area contributed by atoms with Crippen LogP contribution in [0.2, 0.25) is 0 Å². The first-order valence-electron chi connectivity index (χ1n) is 8.14. The normalized spacial score (nSPS) is 17.2. The van der Waals surface area contributed by atoms with E-state index >= 15 is 0 Å². The first-order valence-corrected chi connectivity index (χ1v) is 9.53. The molecule has 0 aromatic heterocycles. The summed E-state index contributed by atoms with van der Waals surface area (Å²) in [6.45, 7) is 6.11. The van der Waals surface area contributed by atoms with Gasteiger partial charge < -0.3 is 20.1 Å². The van der Waals surface area contributed by atoms with E-state index < -0.39 is 29.6 Å². The van der Waals surface area contributed by atoms with Gasteiger partial charge in [-0.05, 0) is 52.0 Å². The molecule has 138 valence electrons. The molecule has 0 unspecified atom stereocenters. The smallest absolute Gasteiger partial charge is 0.408 e. The van der Waals surface area contributed by atoms with Crippen LogP contribution in [0.5, 0.6) is 0 Å². The number of nitrogens with one attached hydrogen (secondary N) is 1. The highest BCUT2D eigenvalue weighted by Gasteiger charge is 2.32. The van der Waals surface area contributed by atoms with Gasteiger partial charge >= 0.3 is 12.1 Å². The van der Waals surface area contributed by atoms with Crippen LogP contribution in [0.1, 0.15) is 40.0 Å². The van der Waals surface area contributed by atoms with E-state index in [0.29, 0.717) is 32.4 Å². The Morgan fingerprint density at radius 1 is 1.29 bits per heavy atom. The molecule has 0 aromatic rings. The van der Waals surface area contributed by atoms with E-state index in [1.54, 1.807) is 37.4 Å². The van der Waals surface area contributed by atoms with Crippen LogP contribution in [0.15, 0.2) is 0 Å². The Balaban J connectivity index is 2.65. The Morgan fingerprint density at radius 2 is 1.88 bits per heavy atom. The van der Waals surface area contributed by atoms with Gasteiger partial charge in [0.05, 0.1) is 5.92 Å². The Hall–Kier alpha value is -1.44. The third kappa shape index (κ3) is 6.98. The van der Waals surface area contributed by atoms with Crippen LogP contribution in [-0.2, 0) is 14.3 Å². The van der Waals surface area contributed by atoms with Crippen molar-refractivity contribution in [3.63, 3.8) is 0 Å². The number of carboxylic acid groups (broad SMARTS) is 1. The Bertz CT molecular complexity index is 456. The molecule has 0 spiro atoms. The molecule has 0 aliphatic carbocycles. The highest BCUT2D eigenvalue weighted by Crippen LogP contribution is 2.19. The average molecular weight is 360 g/mol. The summed E-state index contributed by atoms with van der Waals surface area (Å²) in [5, 5.41) is 11.7. The summed E-state index contributed by atoms with van der Waals surface area (Å²) in [4.78, 5) is 37.3. The van der Waals surface area contributed by atoms with Gasteiger partial charge in [-0.25, -0.2) is 4.79 Å². The van der Waals surface area contributed by atoms with E-state index in [2.05, 4.69) is 5.32 Å². The quantitative estimate of drug-likeness (QED) is 0.752. The number of amides is 2. The fraction of sp³-hybridized carbons (Fsp3) is 0.812. The number of likely N-dealkylation sites (tertiary alicyclic amines) is 1. The zero-order chi connectivity index (χ0) is 18.3. The van der Waals surface area contributed by atoms with E-state index in [-0.39, 0.29) is 5.91 Å². The summed E-state index contributed by atoms with van der Waals surface area (Å²) >= 11 is 1.60. The molecule has 1 fully saturated rings. The SMILES string of the molecule is CSCC[C@@H](NC(=O)OC(C)(C)C)C(=O)N1CCC(C(=O)O)CC1. The van der Waals surface area contributed by atoms with Crippen LogP contribution < -0.4 is 5.32 Å². The van der Waals surface area contributed by atoms with Crippen molar-refractivity contribution in [3.05, 3.63) is 0 Å². The summed E-state index contributed by atoms with van der Waals surface area (Å²) in [6, 6.07) is -0.645. The lowest BCUT2D eigenvalue weighted by molar-refractivity contribution is -0.146. The summed E-state index contributed by atoms with van der Waals surface area (Å²) < 4.78 is 5.23. The van der Waals surface area contributed by atoms with Gasteiger partial charge in [-0.3, -0.25) is 9.59 Å². The maximum Gasteiger partial charge on any atom is 0.408 e. The number of carboxylic acids is 1. The van der Waals surface area contributed by atoms with Gasteiger partial charge in [0.1, 0.15) is 11.6 Å². The molecule has 0 saturated carbocycles. The highest BCUT2D eigenvalue weighted by molar-refractivity contribution is 7.98. The maximum atomic E-state index is 12.7. The van der Waals surface area contributed by atoms with Gasteiger partial charge in [0.2, 0.25) is 5.91 Å². The molecule has 24 heavy (non-hydrogen) atoms. The first-order chi connectivity index (χ1) is 11.1. The van der Waals surface area contributed by atoms with Crippen molar-refractivity contribution >= 4 is 29.7 Å². The van der Waals surface area contributed by atoms with E-state index in [1.165, 1.54) is 0 Å². The molecule has 0 bridgehead atoms. The largest absolute Gasteiger partial charge is 0.481 e. The lowest BCUT2D eigenvalue weighted by Crippen LogP contribution is -2.52. The summed E-state index contributed by atoms with van der Waals surface area (Å²) in [7, 11) is 0. The zero-order valence-electron chi connectivity index (χ0n) is 14.8. The van der Waals surface area contributed by atoms with Crippen molar-refractivity contribution in [2.24, 2.45) is 5.92 Å². The van der Waals surface area contributed by atoms with Gasteiger partial charge in [0.25, 0.3) is 0 Å². The van der Waals surface area contributed by atoms with Crippen LogP contribution in [-0.4, -0.2) is 64.7 Å². The van der Waals surface area contributed by atoms with Crippen LogP contribution in [0.4, 0.5) is 4.79 Å². The van der Waals surface area contributed by atoms with E-state index in [9.17, 15) is 14.4 Å². The van der Waals surface area contributed by atoms with Crippen molar-refractivity contribution in [2.45, 2.75) is 51.7 Å². The molecule has 8 heteroatoms. The number of thioether (sulfide) groups is 1. The minimum absolute atomic E-state index is 0.168. The zero-order valence-corrected chi connectivity index (χ0v) is 15.6. The Kier molecular flexibility index (Phi) is 7.86. The second kappa shape index (κ2) is 9.15. The highest BCUT2D eigenvalue weighted by atomic mass is 32.2. The molecule has 2 amide bonds. The maximum absolute atomic E-state index is 12.7. The van der Waals surface area contributed by atoms with Crippen molar-refractivity contribution < 1.29 is 24.2 Å². The number of carbonyl (C=O) groups excluding carboxylic acids is 2. The second-order valence-corrected chi connectivity index (χ2v) is 7.90. The molecule has 2 N–H and O–H groups in total. The van der Waals surface area contributed by atoms with E-state index in [4.69, 9.17) is 9.84 Å². The minimum Gasteiger partial charge on any atom is -0.481 e. The van der Waals surface area contributed by atoms with Crippen LogP contribution in [0.25, 0.3) is 0 Å². The van der Waals surface area contributed by atoms with Gasteiger partial charge in [-0.2, -0.15) is 11.8 Å². The van der Waals surface area contributed by atoms with Crippen LogP contribution in [0, 0.1) is 5.92 Å². The third-order valence-electron chi connectivity index (χ3n) is 3.76. The second-order valence-electron chi connectivity index (χ2n) is 6.92. The number of rotatable bonds is 6. The average Bonchev–Trinajstić information content (AvgIpc) is 2.49. The predicted molar refractivity (Wildman–Crippen MR) is 93.1 cm³/mol. The molecule has 7 nitrogen and oxygen atoms in total. The van der Waals surface area contributed by atoms with Crippen LogP contribution in [0.3, 0.4) is 0 Å². The fourth-order valence-corrected chi connectivity index (χ4v) is 2.98. The lowest BCUT2D eigenvalue weighted by atomic mass is 9.96. The molecule has 1 rings (SSSR count). The molecule has 1 aliphatic heterocycles. The molecule has 0 aromatic carbocycles. The fourth-order valence-electron chi connectivity index (χ4n) is 2.51. The number of ether oxygens (including phenoxy) is 1. The molecular weight excluding hydrogens is 332 g/mol. The summed E-state index contributed by atoms with van der Waals surface area (Å²) in [6.07, 6.45) is 2.74. The number of aliphatic carboxylic acids is 1. The standard InChI is InChI=1S/C16H28N2O5S/c1-16(2,3)23-15(22)17-12(7-10-24-4)13(19)18-8-5-11(6-9-18)14(20)21/h11-12H,5-10H2,1-4H3,(H,17,22)(H,20,21)/t12-/m1/s1. The van der Waals surface area contributed by atoms with Crippen molar-refractivity contribution in [1.29, 1.82) is 0 Å². The molecule has 0 radical (unpaired) electrons. The van der Waals surface area contributed by atoms with Crippen molar-refractivity contribution in [3.8, 4) is 0 Å². The molecule has 1 heterocycles. The number of hydrogen-bond acceptors (Lipinski definition) is 5. The third-order valence-corrected chi connectivity index (χ3v) is 4.40. The van der Waals surface area contributed by atoms with Gasteiger partial charge in [0.15, 0.2) is 0 Å². The number of carbonyl (C=O) groups is 3. The molecule has 1 saturated heterocycles. The Morgan fingerprint density at radius 3 is 2.33 bits per heavy atom. The first kappa shape index (κ1) is 20.6. The number of piperidine rings is 1. The number of alkyl carbamates (subject to hydrolysis) is 1. The molecule has 1 aliphatic rings. The summed E-state index contributed by atoms with van der Waals surface area (Å²) in [5.41, 5.74) is -0.628. The van der Waals surface area contributed by atoms with Gasteiger partial charge in [0, 0.05) is 13.1 Å². The van der Waals surface area contributed by atoms with Crippen LogP contribution >= 0.6 is 11.8 Å². The number of nitrogens with zero attached hydrogens (tertiary/aromatic N) is 1. The predicted octanol–water partition coefficient (Wildman–Crippen LogP) is 1.96. The van der Waals surface area contributed by atoms with Gasteiger partial charge in [-0.15, -0.1) is 0 Å². The molecular formula is C16H28N2O5S. The van der Waals surface area contributed by atoms with E-state index in [1.807, 2.05) is 6.26 Å². The lowest BCUT2D eigenvalue weighted by Gasteiger charge is -2.33. The monoisotopic (exact) mass is 360 g/mol. The van der Waals surface area contributed by atoms with Gasteiger partial charge in [-0.1, -0.05) is 0 Å².